The highest BCUT2D eigenvalue weighted by molar-refractivity contribution is 5.79. The van der Waals surface area contributed by atoms with Gasteiger partial charge in [-0.05, 0) is 41.3 Å². The van der Waals surface area contributed by atoms with Crippen LogP contribution in [0.1, 0.15) is 18.1 Å². The molecule has 0 bridgehead atoms. The summed E-state index contributed by atoms with van der Waals surface area (Å²) in [4.78, 5) is 0. The molecule has 0 fully saturated rings. The van der Waals surface area contributed by atoms with Gasteiger partial charge in [0.1, 0.15) is 0 Å². The highest BCUT2D eigenvalue weighted by atomic mass is 16.3. The van der Waals surface area contributed by atoms with E-state index in [1.165, 1.54) is 33.5 Å². The van der Waals surface area contributed by atoms with Gasteiger partial charge in [-0.1, -0.05) is 42.5 Å². The molecular formula is C20H19NO. The summed E-state index contributed by atoms with van der Waals surface area (Å²) in [6, 6.07) is 19.4. The van der Waals surface area contributed by atoms with Crippen molar-refractivity contribution >= 4 is 0 Å². The van der Waals surface area contributed by atoms with Gasteiger partial charge in [0.25, 0.3) is 0 Å². The molecule has 0 saturated heterocycles. The van der Waals surface area contributed by atoms with Crippen LogP contribution in [0, 0.1) is 0 Å². The van der Waals surface area contributed by atoms with Crippen LogP contribution in [-0.4, -0.2) is 15.8 Å². The third-order valence-electron chi connectivity index (χ3n) is 4.36. The van der Waals surface area contributed by atoms with Crippen LogP contribution in [0.3, 0.4) is 0 Å². The predicted molar refractivity (Wildman–Crippen MR) is 89.8 cm³/mol. The zero-order valence-electron chi connectivity index (χ0n) is 12.7. The van der Waals surface area contributed by atoms with Gasteiger partial charge in [0.2, 0.25) is 0 Å². The average molecular weight is 289 g/mol. The second-order valence-corrected chi connectivity index (χ2v) is 6.11. The van der Waals surface area contributed by atoms with Crippen LogP contribution in [0.25, 0.3) is 22.4 Å². The lowest BCUT2D eigenvalue weighted by Crippen LogP contribution is -2.11. The lowest BCUT2D eigenvalue weighted by atomic mass is 10.00. The number of benzene rings is 2. The minimum absolute atomic E-state index is 0.335. The highest BCUT2D eigenvalue weighted by Crippen LogP contribution is 2.39. The molecule has 0 aliphatic heterocycles. The van der Waals surface area contributed by atoms with Crippen LogP contribution in [0.5, 0.6) is 0 Å². The van der Waals surface area contributed by atoms with Gasteiger partial charge in [-0.25, -0.2) is 0 Å². The van der Waals surface area contributed by atoms with Crippen molar-refractivity contribution in [2.45, 2.75) is 26.0 Å². The van der Waals surface area contributed by atoms with Crippen molar-refractivity contribution in [1.82, 2.24) is 4.57 Å². The molecule has 0 radical (unpaired) electrons. The van der Waals surface area contributed by atoms with Gasteiger partial charge in [0, 0.05) is 24.7 Å². The van der Waals surface area contributed by atoms with Crippen molar-refractivity contribution in [1.29, 1.82) is 0 Å². The second-order valence-electron chi connectivity index (χ2n) is 6.11. The Morgan fingerprint density at radius 3 is 2.59 bits per heavy atom. The number of aliphatic hydroxyl groups is 1. The summed E-state index contributed by atoms with van der Waals surface area (Å²) in [7, 11) is 0. The maximum absolute atomic E-state index is 9.72. The number of aromatic nitrogens is 1. The summed E-state index contributed by atoms with van der Waals surface area (Å²) < 4.78 is 2.18. The maximum Gasteiger partial charge on any atom is 0.0691 e. The van der Waals surface area contributed by atoms with E-state index in [-0.39, 0.29) is 6.10 Å². The highest BCUT2D eigenvalue weighted by Gasteiger charge is 2.23. The zero-order chi connectivity index (χ0) is 15.1. The van der Waals surface area contributed by atoms with Gasteiger partial charge >= 0.3 is 0 Å². The molecule has 110 valence electrons. The maximum atomic E-state index is 9.72. The van der Waals surface area contributed by atoms with Gasteiger partial charge in [-0.3, -0.25) is 0 Å². The van der Waals surface area contributed by atoms with Crippen LogP contribution in [0.15, 0.2) is 60.8 Å². The van der Waals surface area contributed by atoms with Crippen LogP contribution >= 0.6 is 0 Å². The second kappa shape index (κ2) is 5.15. The summed E-state index contributed by atoms with van der Waals surface area (Å²) in [5, 5.41) is 9.72. The molecule has 2 heteroatoms. The van der Waals surface area contributed by atoms with Crippen molar-refractivity contribution < 1.29 is 5.11 Å². The SMILES string of the molecule is C[C@@H](O)Cn1ccc2c1-c1cc(-c3ccccc3)ccc1C2. The fourth-order valence-corrected chi connectivity index (χ4v) is 3.39. The predicted octanol–water partition coefficient (Wildman–Crippen LogP) is 4.11. The molecule has 1 atom stereocenters. The van der Waals surface area contributed by atoms with E-state index >= 15 is 0 Å². The Labute approximate surface area is 130 Å². The molecule has 0 unspecified atom stereocenters. The van der Waals surface area contributed by atoms with Gasteiger partial charge in [0.05, 0.1) is 11.8 Å². The molecule has 3 aromatic rings. The molecule has 2 aromatic carbocycles. The van der Waals surface area contributed by atoms with E-state index in [0.29, 0.717) is 6.54 Å². The van der Waals surface area contributed by atoms with Crippen molar-refractivity contribution in [3.8, 4) is 22.4 Å². The van der Waals surface area contributed by atoms with E-state index < -0.39 is 0 Å². The first-order chi connectivity index (χ1) is 10.7. The summed E-state index contributed by atoms with van der Waals surface area (Å²) in [6.45, 7) is 2.48. The quantitative estimate of drug-likeness (QED) is 0.603. The Bertz CT molecular complexity index is 815. The lowest BCUT2D eigenvalue weighted by Gasteiger charge is -2.12. The summed E-state index contributed by atoms with van der Waals surface area (Å²) >= 11 is 0. The third-order valence-corrected chi connectivity index (χ3v) is 4.36. The van der Waals surface area contributed by atoms with Crippen LogP contribution < -0.4 is 0 Å². The average Bonchev–Trinajstić information content (AvgIpc) is 3.07. The fourth-order valence-electron chi connectivity index (χ4n) is 3.39. The van der Waals surface area contributed by atoms with E-state index in [2.05, 4.69) is 59.3 Å². The number of hydrogen-bond acceptors (Lipinski definition) is 1. The molecule has 1 heterocycles. The summed E-state index contributed by atoms with van der Waals surface area (Å²) in [6.07, 6.45) is 2.75. The van der Waals surface area contributed by atoms with Crippen molar-refractivity contribution in [2.75, 3.05) is 0 Å². The van der Waals surface area contributed by atoms with E-state index in [1.54, 1.807) is 0 Å². The fraction of sp³-hybridized carbons (Fsp3) is 0.200. The van der Waals surface area contributed by atoms with Gasteiger partial charge in [0.15, 0.2) is 0 Å². The molecule has 22 heavy (non-hydrogen) atoms. The smallest absolute Gasteiger partial charge is 0.0691 e. The topological polar surface area (TPSA) is 25.2 Å². The number of aliphatic hydroxyl groups excluding tert-OH is 1. The van der Waals surface area contributed by atoms with E-state index in [0.717, 1.165) is 6.42 Å². The molecule has 0 saturated carbocycles. The normalized spacial score (nSPS) is 13.7. The van der Waals surface area contributed by atoms with Gasteiger partial charge in [-0.2, -0.15) is 0 Å². The number of hydrogen-bond donors (Lipinski definition) is 1. The molecule has 0 spiro atoms. The number of rotatable bonds is 3. The van der Waals surface area contributed by atoms with Crippen LogP contribution in [0.2, 0.25) is 0 Å². The van der Waals surface area contributed by atoms with Gasteiger partial charge < -0.3 is 9.67 Å². The summed E-state index contributed by atoms with van der Waals surface area (Å²) in [5.41, 5.74) is 7.81. The molecule has 1 aliphatic carbocycles. The Morgan fingerprint density at radius 1 is 1.00 bits per heavy atom. The zero-order valence-corrected chi connectivity index (χ0v) is 12.7. The Hall–Kier alpha value is -2.32. The first-order valence-electron chi connectivity index (χ1n) is 7.77. The van der Waals surface area contributed by atoms with Crippen LogP contribution in [-0.2, 0) is 13.0 Å². The molecule has 2 nitrogen and oxygen atoms in total. The van der Waals surface area contributed by atoms with Crippen LogP contribution in [0.4, 0.5) is 0 Å². The number of nitrogens with zero attached hydrogens (tertiary/aromatic N) is 1. The number of fused-ring (bicyclic) bond motifs is 3. The molecule has 1 aromatic heterocycles. The van der Waals surface area contributed by atoms with Crippen molar-refractivity contribution in [3.05, 3.63) is 71.9 Å². The van der Waals surface area contributed by atoms with Gasteiger partial charge in [-0.15, -0.1) is 0 Å². The molecule has 1 N–H and O–H groups in total. The Balaban J connectivity index is 1.82. The first kappa shape index (κ1) is 13.4. The molecule has 0 amide bonds. The van der Waals surface area contributed by atoms with E-state index in [4.69, 9.17) is 0 Å². The lowest BCUT2D eigenvalue weighted by molar-refractivity contribution is 0.174. The first-order valence-corrected chi connectivity index (χ1v) is 7.77. The molecular weight excluding hydrogens is 270 g/mol. The minimum Gasteiger partial charge on any atom is -0.392 e. The molecule has 1 aliphatic rings. The van der Waals surface area contributed by atoms with E-state index in [9.17, 15) is 5.11 Å². The minimum atomic E-state index is -0.335. The largest absolute Gasteiger partial charge is 0.392 e. The molecule has 4 rings (SSSR count). The Morgan fingerprint density at radius 2 is 1.82 bits per heavy atom. The monoisotopic (exact) mass is 289 g/mol. The van der Waals surface area contributed by atoms with Crippen molar-refractivity contribution in [2.24, 2.45) is 0 Å². The standard InChI is InChI=1S/C20H19NO/c1-14(22)13-21-10-9-18-11-17-8-7-16(12-19(17)20(18)21)15-5-3-2-4-6-15/h2-10,12,14,22H,11,13H2,1H3/t14-/m1/s1. The van der Waals surface area contributed by atoms with E-state index in [1.807, 2.05) is 13.0 Å². The Kier molecular flexibility index (Phi) is 3.12. The van der Waals surface area contributed by atoms with Crippen molar-refractivity contribution in [3.63, 3.8) is 0 Å². The third kappa shape index (κ3) is 2.16. The summed E-state index contributed by atoms with van der Waals surface area (Å²) in [5.74, 6) is 0.